The molecule has 0 atom stereocenters. The second-order valence-corrected chi connectivity index (χ2v) is 6.99. The molecule has 0 spiro atoms. The zero-order valence-corrected chi connectivity index (χ0v) is 15.7. The van der Waals surface area contributed by atoms with Gasteiger partial charge in [0.05, 0.1) is 17.2 Å². The van der Waals surface area contributed by atoms with E-state index in [-0.39, 0.29) is 5.91 Å². The van der Waals surface area contributed by atoms with Crippen molar-refractivity contribution in [3.63, 3.8) is 0 Å². The van der Waals surface area contributed by atoms with Gasteiger partial charge in [-0.2, -0.15) is 5.10 Å². The lowest BCUT2D eigenvalue weighted by Crippen LogP contribution is -2.17. The van der Waals surface area contributed by atoms with Gasteiger partial charge in [-0.25, -0.2) is 10.4 Å². The topological polar surface area (TPSA) is 83.0 Å². The number of H-pyrrole nitrogens is 1. The van der Waals surface area contributed by atoms with Gasteiger partial charge in [0.2, 0.25) is 0 Å². The highest BCUT2D eigenvalue weighted by molar-refractivity contribution is 7.98. The van der Waals surface area contributed by atoms with E-state index >= 15 is 0 Å². The van der Waals surface area contributed by atoms with Crippen molar-refractivity contribution in [1.29, 1.82) is 0 Å². The number of nitrogens with zero attached hydrogens (tertiary/aromatic N) is 3. The fourth-order valence-electron chi connectivity index (χ4n) is 2.58. The van der Waals surface area contributed by atoms with E-state index in [0.29, 0.717) is 5.56 Å². The maximum absolute atomic E-state index is 12.2. The van der Waals surface area contributed by atoms with Gasteiger partial charge in [0.15, 0.2) is 5.16 Å². The van der Waals surface area contributed by atoms with E-state index in [9.17, 15) is 4.79 Å². The van der Waals surface area contributed by atoms with Crippen LogP contribution in [0.15, 0.2) is 83.3 Å². The summed E-state index contributed by atoms with van der Waals surface area (Å²) in [6, 6.07) is 19.1. The molecule has 0 fully saturated rings. The molecule has 7 heteroatoms. The lowest BCUT2D eigenvalue weighted by atomic mass is 10.1. The summed E-state index contributed by atoms with van der Waals surface area (Å²) in [4.78, 5) is 24.0. The first kappa shape index (κ1) is 17.9. The molecule has 2 aromatic carbocycles. The monoisotopic (exact) mass is 387 g/mol. The van der Waals surface area contributed by atoms with Crippen LogP contribution in [-0.2, 0) is 5.75 Å². The third kappa shape index (κ3) is 4.44. The van der Waals surface area contributed by atoms with Crippen LogP contribution >= 0.6 is 11.8 Å². The van der Waals surface area contributed by atoms with E-state index in [2.05, 4.69) is 25.5 Å². The van der Waals surface area contributed by atoms with Gasteiger partial charge in [0, 0.05) is 29.3 Å². The van der Waals surface area contributed by atoms with Crippen molar-refractivity contribution in [3.8, 4) is 0 Å². The Morgan fingerprint density at radius 3 is 2.75 bits per heavy atom. The number of fused-ring (bicyclic) bond motifs is 1. The number of amides is 1. The molecule has 0 unspecified atom stereocenters. The summed E-state index contributed by atoms with van der Waals surface area (Å²) in [6.07, 6.45) is 4.91. The zero-order chi connectivity index (χ0) is 19.2. The van der Waals surface area contributed by atoms with Crippen molar-refractivity contribution in [1.82, 2.24) is 20.4 Å². The molecule has 4 rings (SSSR count). The summed E-state index contributed by atoms with van der Waals surface area (Å²) >= 11 is 1.63. The molecule has 0 aliphatic heterocycles. The number of aromatic amines is 1. The van der Waals surface area contributed by atoms with E-state index in [1.54, 1.807) is 42.5 Å². The molecule has 0 aliphatic carbocycles. The summed E-state index contributed by atoms with van der Waals surface area (Å²) in [5.74, 6) is 0.512. The number of pyridine rings is 1. The maximum Gasteiger partial charge on any atom is 0.271 e. The summed E-state index contributed by atoms with van der Waals surface area (Å²) in [5.41, 5.74) is 7.00. The zero-order valence-electron chi connectivity index (χ0n) is 14.9. The number of aromatic nitrogens is 3. The smallest absolute Gasteiger partial charge is 0.271 e. The van der Waals surface area contributed by atoms with Crippen LogP contribution in [0.1, 0.15) is 21.5 Å². The molecular weight excluding hydrogens is 370 g/mol. The number of thioether (sulfide) groups is 1. The predicted molar refractivity (Wildman–Crippen MR) is 111 cm³/mol. The van der Waals surface area contributed by atoms with Crippen LogP contribution in [0.3, 0.4) is 0 Å². The van der Waals surface area contributed by atoms with Gasteiger partial charge in [0.1, 0.15) is 0 Å². The molecule has 0 saturated carbocycles. The Labute approximate surface area is 166 Å². The standard InChI is InChI=1S/C21H17N5OS/c27-20(26-23-13-16-4-3-11-22-12-16)17-9-7-15(8-10-17)14-28-21-24-18-5-1-2-6-19(18)25-21/h1-13H,14H2,(H,24,25)(H,26,27). The van der Waals surface area contributed by atoms with Crippen LogP contribution in [0, 0.1) is 0 Å². The molecule has 0 radical (unpaired) electrons. The highest BCUT2D eigenvalue weighted by Crippen LogP contribution is 2.23. The lowest BCUT2D eigenvalue weighted by Gasteiger charge is -2.03. The lowest BCUT2D eigenvalue weighted by molar-refractivity contribution is 0.0955. The number of para-hydroxylation sites is 2. The van der Waals surface area contributed by atoms with Gasteiger partial charge in [0.25, 0.3) is 5.91 Å². The van der Waals surface area contributed by atoms with Gasteiger partial charge < -0.3 is 4.98 Å². The summed E-state index contributed by atoms with van der Waals surface area (Å²) in [7, 11) is 0. The summed E-state index contributed by atoms with van der Waals surface area (Å²) < 4.78 is 0. The molecule has 6 nitrogen and oxygen atoms in total. The van der Waals surface area contributed by atoms with Crippen molar-refractivity contribution in [2.24, 2.45) is 5.10 Å². The number of carbonyl (C=O) groups excluding carboxylic acids is 1. The average Bonchev–Trinajstić information content (AvgIpc) is 3.16. The molecule has 2 aromatic heterocycles. The van der Waals surface area contributed by atoms with Gasteiger partial charge in [-0.1, -0.05) is 42.1 Å². The number of benzene rings is 2. The Bertz CT molecular complexity index is 1070. The van der Waals surface area contributed by atoms with Crippen LogP contribution in [0.5, 0.6) is 0 Å². The maximum atomic E-state index is 12.2. The van der Waals surface area contributed by atoms with Gasteiger partial charge in [-0.15, -0.1) is 0 Å². The Morgan fingerprint density at radius 1 is 1.11 bits per heavy atom. The third-order valence-electron chi connectivity index (χ3n) is 4.02. The Hall–Kier alpha value is -3.45. The van der Waals surface area contributed by atoms with Gasteiger partial charge in [-0.3, -0.25) is 9.78 Å². The fraction of sp³-hybridized carbons (Fsp3) is 0.0476. The van der Waals surface area contributed by atoms with E-state index < -0.39 is 0 Å². The highest BCUT2D eigenvalue weighted by Gasteiger charge is 2.06. The minimum Gasteiger partial charge on any atom is -0.333 e. The van der Waals surface area contributed by atoms with E-state index in [4.69, 9.17) is 0 Å². The highest BCUT2D eigenvalue weighted by atomic mass is 32.2. The number of rotatable bonds is 6. The SMILES string of the molecule is O=C(NN=Cc1cccnc1)c1ccc(CSc2nc3ccccc3[nH]2)cc1. The molecule has 2 heterocycles. The summed E-state index contributed by atoms with van der Waals surface area (Å²) in [6.45, 7) is 0. The number of hydrazone groups is 1. The number of hydrogen-bond donors (Lipinski definition) is 2. The largest absolute Gasteiger partial charge is 0.333 e. The predicted octanol–water partition coefficient (Wildman–Crippen LogP) is 4.01. The second kappa shape index (κ2) is 8.49. The van der Waals surface area contributed by atoms with Crippen LogP contribution in [0.2, 0.25) is 0 Å². The first-order valence-electron chi connectivity index (χ1n) is 8.68. The Kier molecular flexibility index (Phi) is 5.44. The Morgan fingerprint density at radius 2 is 1.96 bits per heavy atom. The van der Waals surface area contributed by atoms with Crippen molar-refractivity contribution in [2.45, 2.75) is 10.9 Å². The van der Waals surface area contributed by atoms with Crippen molar-refractivity contribution in [2.75, 3.05) is 0 Å². The fourth-order valence-corrected chi connectivity index (χ4v) is 3.42. The number of carbonyl (C=O) groups is 1. The van der Waals surface area contributed by atoms with E-state index in [1.807, 2.05) is 48.5 Å². The van der Waals surface area contributed by atoms with Crippen molar-refractivity contribution < 1.29 is 4.79 Å². The van der Waals surface area contributed by atoms with Gasteiger partial charge in [-0.05, 0) is 35.9 Å². The summed E-state index contributed by atoms with van der Waals surface area (Å²) in [5, 5.41) is 4.84. The van der Waals surface area contributed by atoms with Crippen LogP contribution in [-0.4, -0.2) is 27.1 Å². The second-order valence-electron chi connectivity index (χ2n) is 6.03. The van der Waals surface area contributed by atoms with Crippen molar-refractivity contribution >= 4 is 34.9 Å². The normalized spacial score (nSPS) is 11.1. The van der Waals surface area contributed by atoms with E-state index in [1.165, 1.54) is 0 Å². The third-order valence-corrected chi connectivity index (χ3v) is 4.97. The Balaban J connectivity index is 1.32. The first-order valence-corrected chi connectivity index (χ1v) is 9.66. The number of hydrogen-bond acceptors (Lipinski definition) is 5. The first-order chi connectivity index (χ1) is 13.8. The average molecular weight is 387 g/mol. The quantitative estimate of drug-likeness (QED) is 0.297. The molecule has 1 amide bonds. The molecule has 2 N–H and O–H groups in total. The van der Waals surface area contributed by atoms with Gasteiger partial charge >= 0.3 is 0 Å². The molecule has 4 aromatic rings. The minimum absolute atomic E-state index is 0.253. The minimum atomic E-state index is -0.253. The van der Waals surface area contributed by atoms with Crippen LogP contribution in [0.4, 0.5) is 0 Å². The van der Waals surface area contributed by atoms with E-state index in [0.717, 1.165) is 33.1 Å². The number of nitrogens with one attached hydrogen (secondary N) is 2. The van der Waals surface area contributed by atoms with Crippen LogP contribution < -0.4 is 5.43 Å². The van der Waals surface area contributed by atoms with Crippen LogP contribution in [0.25, 0.3) is 11.0 Å². The van der Waals surface area contributed by atoms with Crippen molar-refractivity contribution in [3.05, 3.63) is 89.7 Å². The molecule has 0 aliphatic rings. The molecule has 0 saturated heterocycles. The molecule has 138 valence electrons. The molecule has 0 bridgehead atoms. The molecular formula is C21H17N5OS. The molecule has 28 heavy (non-hydrogen) atoms. The number of imidazole rings is 1.